The standard InChI is InChI=1S/C26H39N3O3Si/c1-26(2,3)24-23(15-18-11-7-6-8-12-18)29(31,32-33(4)5)25(30)22(28-24)16-19-17-27-21-14-10-9-13-20(19)21/h9-10,13-14,17-18,23,27,30,33H,6-8,11-12,15-16H2,1-5H3. The summed E-state index contributed by atoms with van der Waals surface area (Å²) in [4.78, 5) is 7.20. The zero-order valence-corrected chi connectivity index (χ0v) is 21.9. The second-order valence-corrected chi connectivity index (χ2v) is 13.4. The van der Waals surface area contributed by atoms with Crippen LogP contribution < -0.4 is 0 Å². The summed E-state index contributed by atoms with van der Waals surface area (Å²) in [5.41, 5.74) is 3.02. The number of hydroxylamine groups is 4. The maximum Gasteiger partial charge on any atom is 0.344 e. The normalized spacial score (nSPS) is 25.2. The average molecular weight is 470 g/mol. The van der Waals surface area contributed by atoms with Crippen LogP contribution >= 0.6 is 0 Å². The van der Waals surface area contributed by atoms with Gasteiger partial charge in [-0.15, -0.1) is 0 Å². The summed E-state index contributed by atoms with van der Waals surface area (Å²) in [6, 6.07) is 7.57. The zero-order valence-electron chi connectivity index (χ0n) is 20.7. The summed E-state index contributed by atoms with van der Waals surface area (Å²) in [6.07, 6.45) is 9.02. The minimum absolute atomic E-state index is 0.268. The zero-order chi connectivity index (χ0) is 23.8. The third kappa shape index (κ3) is 4.97. The molecule has 0 amide bonds. The Morgan fingerprint density at radius 2 is 1.88 bits per heavy atom. The number of allylic oxidation sites excluding steroid dienone is 1. The molecule has 7 heteroatoms. The molecule has 1 aromatic heterocycles. The highest BCUT2D eigenvalue weighted by molar-refractivity contribution is 6.48. The molecule has 0 radical (unpaired) electrons. The number of aliphatic imine (C=N–C) groups is 1. The van der Waals surface area contributed by atoms with Crippen molar-refractivity contribution in [2.45, 2.75) is 84.9 Å². The number of para-hydroxylation sites is 1. The van der Waals surface area contributed by atoms with Gasteiger partial charge >= 0.3 is 5.88 Å². The number of aliphatic hydroxyl groups excluding tert-OH is 1. The Bertz CT molecular complexity index is 1050. The first-order chi connectivity index (χ1) is 15.6. The number of fused-ring (bicyclic) bond motifs is 1. The number of hydrogen-bond acceptors (Lipinski definition) is 4. The highest BCUT2D eigenvalue weighted by Gasteiger charge is 2.49. The predicted molar refractivity (Wildman–Crippen MR) is 137 cm³/mol. The van der Waals surface area contributed by atoms with Crippen molar-refractivity contribution in [2.75, 3.05) is 0 Å². The molecule has 1 fully saturated rings. The lowest BCUT2D eigenvalue weighted by Gasteiger charge is -2.50. The van der Waals surface area contributed by atoms with Gasteiger partial charge in [-0.2, -0.15) is 4.81 Å². The monoisotopic (exact) mass is 469 g/mol. The molecule has 0 saturated heterocycles. The van der Waals surface area contributed by atoms with Crippen molar-refractivity contribution in [3.8, 4) is 0 Å². The molecule has 4 rings (SSSR count). The van der Waals surface area contributed by atoms with E-state index in [2.05, 4.69) is 31.8 Å². The molecule has 1 saturated carbocycles. The molecule has 6 nitrogen and oxygen atoms in total. The summed E-state index contributed by atoms with van der Waals surface area (Å²) >= 11 is 0. The predicted octanol–water partition coefficient (Wildman–Crippen LogP) is 6.51. The van der Waals surface area contributed by atoms with E-state index >= 15 is 0 Å². The van der Waals surface area contributed by atoms with E-state index in [0.717, 1.165) is 35.0 Å². The summed E-state index contributed by atoms with van der Waals surface area (Å²) in [5.74, 6) is 0.207. The number of aromatic nitrogens is 1. The van der Waals surface area contributed by atoms with Gasteiger partial charge in [0.1, 0.15) is 5.70 Å². The van der Waals surface area contributed by atoms with Gasteiger partial charge < -0.3 is 15.3 Å². The maximum absolute atomic E-state index is 14.5. The van der Waals surface area contributed by atoms with Crippen molar-refractivity contribution in [2.24, 2.45) is 16.3 Å². The quantitative estimate of drug-likeness (QED) is 0.287. The van der Waals surface area contributed by atoms with Crippen LogP contribution in [0.1, 0.15) is 64.9 Å². The van der Waals surface area contributed by atoms with Gasteiger partial charge in [-0.1, -0.05) is 71.1 Å². The molecular formula is C26H39N3O3Si. The summed E-state index contributed by atoms with van der Waals surface area (Å²) in [6.45, 7) is 10.3. The van der Waals surface area contributed by atoms with E-state index in [1.807, 2.05) is 37.5 Å². The highest BCUT2D eigenvalue weighted by atomic mass is 28.3. The van der Waals surface area contributed by atoms with Crippen LogP contribution in [0.3, 0.4) is 0 Å². The third-order valence-corrected chi connectivity index (χ3v) is 7.72. The van der Waals surface area contributed by atoms with E-state index in [4.69, 9.17) is 9.52 Å². The van der Waals surface area contributed by atoms with Crippen molar-refractivity contribution >= 4 is 25.7 Å². The lowest BCUT2D eigenvalue weighted by Crippen LogP contribution is -2.60. The number of quaternary nitrogens is 1. The molecule has 1 aromatic carbocycles. The fraction of sp³-hybridized carbons (Fsp3) is 0.577. The number of nitrogens with one attached hydrogen (secondary N) is 1. The first kappa shape index (κ1) is 24.2. The van der Waals surface area contributed by atoms with Gasteiger partial charge in [0.05, 0.1) is 5.71 Å². The van der Waals surface area contributed by atoms with Gasteiger partial charge in [0.2, 0.25) is 0 Å². The van der Waals surface area contributed by atoms with E-state index < -0.39 is 19.9 Å². The average Bonchev–Trinajstić information content (AvgIpc) is 3.16. The minimum atomic E-state index is -1.76. The molecule has 33 heavy (non-hydrogen) atoms. The van der Waals surface area contributed by atoms with E-state index in [0.29, 0.717) is 24.5 Å². The minimum Gasteiger partial charge on any atom is -0.591 e. The first-order valence-corrected chi connectivity index (χ1v) is 15.2. The Morgan fingerprint density at radius 1 is 1.18 bits per heavy atom. The molecule has 2 aromatic rings. The van der Waals surface area contributed by atoms with Gasteiger partial charge in [-0.05, 0) is 30.6 Å². The Morgan fingerprint density at radius 3 is 2.55 bits per heavy atom. The van der Waals surface area contributed by atoms with Crippen LogP contribution in [0.2, 0.25) is 13.1 Å². The van der Waals surface area contributed by atoms with E-state index in [1.54, 1.807) is 0 Å². The van der Waals surface area contributed by atoms with Crippen LogP contribution in [0.5, 0.6) is 0 Å². The van der Waals surface area contributed by atoms with Crippen LogP contribution in [0, 0.1) is 16.5 Å². The molecule has 1 aliphatic carbocycles. The molecule has 0 bridgehead atoms. The van der Waals surface area contributed by atoms with Crippen molar-refractivity contribution in [1.29, 1.82) is 0 Å². The van der Waals surface area contributed by atoms with Crippen LogP contribution in [0.4, 0.5) is 0 Å². The molecular weight excluding hydrogens is 430 g/mol. The van der Waals surface area contributed by atoms with Gasteiger partial charge in [-0.25, -0.2) is 4.99 Å². The number of aromatic amines is 1. The fourth-order valence-electron chi connectivity index (χ4n) is 5.43. The molecule has 2 aliphatic rings. The van der Waals surface area contributed by atoms with Crippen molar-refractivity contribution in [1.82, 2.24) is 4.98 Å². The van der Waals surface area contributed by atoms with Gasteiger partial charge in [-0.3, -0.25) is 4.53 Å². The topological polar surface area (TPSA) is 80.7 Å². The highest BCUT2D eigenvalue weighted by Crippen LogP contribution is 2.41. The van der Waals surface area contributed by atoms with Gasteiger partial charge in [0.15, 0.2) is 6.04 Å². The molecule has 2 atom stereocenters. The SMILES string of the molecule is C[SiH](C)O[N+]1([O-])C(O)=C(Cc2c[nH]c3ccccc23)N=C(C(C)(C)C)C1CC1CCCCC1. The number of rotatable bonds is 6. The Labute approximate surface area is 199 Å². The second kappa shape index (κ2) is 9.37. The van der Waals surface area contributed by atoms with Crippen molar-refractivity contribution in [3.05, 3.63) is 52.8 Å². The van der Waals surface area contributed by atoms with Crippen molar-refractivity contribution < 1.29 is 14.4 Å². The fourth-order valence-corrected chi connectivity index (χ4v) is 6.30. The van der Waals surface area contributed by atoms with Crippen LogP contribution in [-0.2, 0) is 10.9 Å². The van der Waals surface area contributed by atoms with Crippen molar-refractivity contribution in [3.63, 3.8) is 0 Å². The Kier molecular flexibility index (Phi) is 6.87. The van der Waals surface area contributed by atoms with Gasteiger partial charge in [0.25, 0.3) is 9.04 Å². The summed E-state index contributed by atoms with van der Waals surface area (Å²) in [7, 11) is -1.76. The molecule has 2 heterocycles. The molecule has 1 aliphatic heterocycles. The molecule has 2 unspecified atom stereocenters. The Balaban J connectivity index is 1.77. The Hall–Kier alpha value is -1.93. The van der Waals surface area contributed by atoms with Crippen LogP contribution in [0.25, 0.3) is 10.9 Å². The first-order valence-electron chi connectivity index (χ1n) is 12.4. The largest absolute Gasteiger partial charge is 0.591 e. The lowest BCUT2D eigenvalue weighted by molar-refractivity contribution is -1.04. The van der Waals surface area contributed by atoms with Gasteiger partial charge in [0, 0.05) is 35.4 Å². The molecule has 0 spiro atoms. The maximum atomic E-state index is 14.5. The second-order valence-electron chi connectivity index (χ2n) is 11.1. The summed E-state index contributed by atoms with van der Waals surface area (Å²) < 4.78 is 6.13. The third-order valence-electron chi connectivity index (χ3n) is 6.98. The van der Waals surface area contributed by atoms with Crippen LogP contribution in [0.15, 0.2) is 47.0 Å². The number of H-pyrrole nitrogens is 1. The number of aliphatic hydroxyl groups is 1. The lowest BCUT2D eigenvalue weighted by atomic mass is 9.77. The van der Waals surface area contributed by atoms with E-state index in [-0.39, 0.29) is 11.3 Å². The molecule has 180 valence electrons. The van der Waals surface area contributed by atoms with E-state index in [9.17, 15) is 10.3 Å². The smallest absolute Gasteiger partial charge is 0.344 e. The summed E-state index contributed by atoms with van der Waals surface area (Å²) in [5, 5.41) is 27.0. The van der Waals surface area contributed by atoms with Crippen LogP contribution in [-0.4, -0.2) is 35.7 Å². The number of benzene rings is 1. The number of nitrogens with zero attached hydrogens (tertiary/aromatic N) is 2. The molecule has 2 N–H and O–H groups in total. The van der Waals surface area contributed by atoms with E-state index in [1.165, 1.54) is 19.3 Å². The number of hydrogen-bond donors (Lipinski definition) is 2.